The molecule has 2 aromatic rings. The monoisotopic (exact) mass is 476 g/mol. The Bertz CT molecular complexity index is 1100. The minimum atomic E-state index is -3.65. The van der Waals surface area contributed by atoms with Gasteiger partial charge in [-0.05, 0) is 43.2 Å². The van der Waals surface area contributed by atoms with Crippen molar-refractivity contribution >= 4 is 28.9 Å². The zero-order valence-corrected chi connectivity index (χ0v) is 19.3. The number of benzene rings is 2. The van der Waals surface area contributed by atoms with Crippen LogP contribution in [0.4, 0.5) is 30.2 Å². The number of ether oxygens (including phenoxy) is 2. The number of rotatable bonds is 7. The van der Waals surface area contributed by atoms with Crippen LogP contribution in [0.2, 0.25) is 0 Å². The van der Waals surface area contributed by atoms with E-state index >= 15 is 0 Å². The Kier molecular flexibility index (Phi) is 6.22. The quantitative estimate of drug-likeness (QED) is 0.528. The number of esters is 1. The fourth-order valence-electron chi connectivity index (χ4n) is 4.44. The standard InChI is InChI=1S/C25H27F3N2O4/c1-4-24(5-2)23(32)30(20-10-9-17(11-21(20)34-24)25(27,28)15-26)19-8-6-7-18(12-19)29-13-16(14-29)22(31)33-3/h6-12,16H,4-5,13-15H2,1-3H3. The number of anilines is 3. The molecule has 0 radical (unpaired) electrons. The molecule has 2 aliphatic heterocycles. The third-order valence-electron chi connectivity index (χ3n) is 6.70. The van der Waals surface area contributed by atoms with Crippen LogP contribution >= 0.6 is 0 Å². The maximum atomic E-state index is 14.1. The third kappa shape index (κ3) is 3.86. The molecule has 0 aromatic heterocycles. The van der Waals surface area contributed by atoms with Gasteiger partial charge in [-0.25, -0.2) is 4.39 Å². The number of hydrogen-bond donors (Lipinski definition) is 0. The number of amides is 1. The molecule has 4 rings (SSSR count). The number of alkyl halides is 3. The van der Waals surface area contributed by atoms with E-state index in [2.05, 4.69) is 0 Å². The Morgan fingerprint density at radius 3 is 2.44 bits per heavy atom. The molecule has 0 aliphatic carbocycles. The number of hydrogen-bond acceptors (Lipinski definition) is 5. The zero-order valence-electron chi connectivity index (χ0n) is 19.3. The second kappa shape index (κ2) is 8.85. The first-order valence-corrected chi connectivity index (χ1v) is 11.2. The van der Waals surface area contributed by atoms with Crippen molar-refractivity contribution < 1.29 is 32.2 Å². The molecule has 0 bridgehead atoms. The smallest absolute Gasteiger partial charge is 0.312 e. The van der Waals surface area contributed by atoms with Gasteiger partial charge in [-0.15, -0.1) is 0 Å². The van der Waals surface area contributed by atoms with Crippen LogP contribution in [0.3, 0.4) is 0 Å². The van der Waals surface area contributed by atoms with Crippen molar-refractivity contribution in [3.8, 4) is 5.75 Å². The van der Waals surface area contributed by atoms with Crippen molar-refractivity contribution in [2.75, 3.05) is 36.7 Å². The summed E-state index contributed by atoms with van der Waals surface area (Å²) in [7, 11) is 1.36. The molecule has 2 aromatic carbocycles. The highest BCUT2D eigenvalue weighted by Gasteiger charge is 2.47. The first kappa shape index (κ1) is 23.9. The van der Waals surface area contributed by atoms with E-state index in [4.69, 9.17) is 9.47 Å². The van der Waals surface area contributed by atoms with Gasteiger partial charge in [0.05, 0.1) is 24.4 Å². The van der Waals surface area contributed by atoms with Gasteiger partial charge in [0.15, 0.2) is 12.3 Å². The maximum Gasteiger partial charge on any atom is 0.312 e. The predicted molar refractivity (Wildman–Crippen MR) is 122 cm³/mol. The first-order chi connectivity index (χ1) is 16.2. The van der Waals surface area contributed by atoms with Gasteiger partial charge in [-0.3, -0.25) is 14.5 Å². The van der Waals surface area contributed by atoms with E-state index in [0.717, 1.165) is 17.8 Å². The lowest BCUT2D eigenvalue weighted by Gasteiger charge is -2.43. The van der Waals surface area contributed by atoms with Crippen LogP contribution in [0.25, 0.3) is 0 Å². The highest BCUT2D eigenvalue weighted by molar-refractivity contribution is 6.08. The summed E-state index contributed by atoms with van der Waals surface area (Å²) in [6, 6.07) is 10.9. The van der Waals surface area contributed by atoms with Crippen molar-refractivity contribution in [2.24, 2.45) is 5.92 Å². The molecule has 34 heavy (non-hydrogen) atoms. The van der Waals surface area contributed by atoms with E-state index in [1.54, 1.807) is 26.0 Å². The van der Waals surface area contributed by atoms with Crippen molar-refractivity contribution in [3.63, 3.8) is 0 Å². The molecule has 1 fully saturated rings. The van der Waals surface area contributed by atoms with Crippen molar-refractivity contribution in [1.29, 1.82) is 0 Å². The van der Waals surface area contributed by atoms with Crippen LogP contribution in [0, 0.1) is 5.92 Å². The Hall–Kier alpha value is -3.23. The maximum absolute atomic E-state index is 14.1. The third-order valence-corrected chi connectivity index (χ3v) is 6.70. The molecule has 0 unspecified atom stereocenters. The molecule has 182 valence electrons. The van der Waals surface area contributed by atoms with Crippen LogP contribution in [0.1, 0.15) is 32.3 Å². The van der Waals surface area contributed by atoms with Crippen LogP contribution in [-0.2, 0) is 20.2 Å². The van der Waals surface area contributed by atoms with Gasteiger partial charge in [0, 0.05) is 24.3 Å². The van der Waals surface area contributed by atoms with E-state index in [1.807, 2.05) is 17.0 Å². The molecule has 6 nitrogen and oxygen atoms in total. The molecule has 1 saturated heterocycles. The molecule has 2 heterocycles. The largest absolute Gasteiger partial charge is 0.475 e. The average Bonchev–Trinajstić information content (AvgIpc) is 2.82. The molecule has 0 N–H and O–H groups in total. The van der Waals surface area contributed by atoms with E-state index < -0.39 is 23.8 Å². The van der Waals surface area contributed by atoms with E-state index in [0.29, 0.717) is 37.3 Å². The minimum Gasteiger partial charge on any atom is -0.475 e. The molecule has 2 aliphatic rings. The van der Waals surface area contributed by atoms with Gasteiger partial charge < -0.3 is 14.4 Å². The average molecular weight is 476 g/mol. The SMILES string of the molecule is CCC1(CC)Oc2cc(C(F)(F)CF)ccc2N(c2cccc(N3CC(C(=O)OC)C3)c2)C1=O. The van der Waals surface area contributed by atoms with Crippen molar-refractivity contribution in [2.45, 2.75) is 38.2 Å². The van der Waals surface area contributed by atoms with Gasteiger partial charge in [0.1, 0.15) is 5.75 Å². The van der Waals surface area contributed by atoms with Crippen LogP contribution in [0.15, 0.2) is 42.5 Å². The molecule has 0 atom stereocenters. The van der Waals surface area contributed by atoms with Crippen LogP contribution in [-0.4, -0.2) is 44.4 Å². The second-order valence-electron chi connectivity index (χ2n) is 8.61. The van der Waals surface area contributed by atoms with Crippen LogP contribution in [0.5, 0.6) is 5.75 Å². The summed E-state index contributed by atoms with van der Waals surface area (Å²) in [5.41, 5.74) is -0.0664. The Labute approximate surface area is 196 Å². The Balaban J connectivity index is 1.74. The minimum absolute atomic E-state index is 0.106. The van der Waals surface area contributed by atoms with Crippen molar-refractivity contribution in [1.82, 2.24) is 0 Å². The van der Waals surface area contributed by atoms with E-state index in [9.17, 15) is 22.8 Å². The fourth-order valence-corrected chi connectivity index (χ4v) is 4.44. The summed E-state index contributed by atoms with van der Waals surface area (Å²) >= 11 is 0. The zero-order chi connectivity index (χ0) is 24.7. The highest BCUT2D eigenvalue weighted by Crippen LogP contribution is 2.47. The first-order valence-electron chi connectivity index (χ1n) is 11.2. The summed E-state index contributed by atoms with van der Waals surface area (Å²) in [5.74, 6) is -4.32. The summed E-state index contributed by atoms with van der Waals surface area (Å²) in [5, 5.41) is 0. The Morgan fingerprint density at radius 1 is 1.15 bits per heavy atom. The van der Waals surface area contributed by atoms with E-state index in [1.165, 1.54) is 18.1 Å². The molecule has 0 saturated carbocycles. The number of carbonyl (C=O) groups is 2. The lowest BCUT2D eigenvalue weighted by atomic mass is 9.91. The summed E-state index contributed by atoms with van der Waals surface area (Å²) < 4.78 is 51.9. The normalized spacial score (nSPS) is 17.6. The summed E-state index contributed by atoms with van der Waals surface area (Å²) in [6.07, 6.45) is 0.656. The topological polar surface area (TPSA) is 59.1 Å². The molecule has 0 spiro atoms. The van der Waals surface area contributed by atoms with Gasteiger partial charge in [0.25, 0.3) is 5.91 Å². The van der Waals surface area contributed by atoms with Gasteiger partial charge in [0.2, 0.25) is 0 Å². The molecular weight excluding hydrogens is 449 g/mol. The summed E-state index contributed by atoms with van der Waals surface area (Å²) in [4.78, 5) is 28.9. The predicted octanol–water partition coefficient (Wildman–Crippen LogP) is 4.97. The Morgan fingerprint density at radius 2 is 1.82 bits per heavy atom. The van der Waals surface area contributed by atoms with Gasteiger partial charge >= 0.3 is 11.9 Å². The fraction of sp³-hybridized carbons (Fsp3) is 0.440. The lowest BCUT2D eigenvalue weighted by molar-refractivity contribution is -0.146. The highest BCUT2D eigenvalue weighted by atomic mass is 19.3. The number of carbonyl (C=O) groups excluding carboxylic acids is 2. The summed E-state index contributed by atoms with van der Waals surface area (Å²) in [6.45, 7) is 2.77. The number of fused-ring (bicyclic) bond motifs is 1. The number of nitrogens with zero attached hydrogens (tertiary/aromatic N) is 2. The van der Waals surface area contributed by atoms with E-state index in [-0.39, 0.29) is 23.5 Å². The van der Waals surface area contributed by atoms with Crippen LogP contribution < -0.4 is 14.5 Å². The molecule has 9 heteroatoms. The lowest BCUT2D eigenvalue weighted by Crippen LogP contribution is -2.54. The molecule has 1 amide bonds. The van der Waals surface area contributed by atoms with Gasteiger partial charge in [-0.1, -0.05) is 26.0 Å². The number of methoxy groups -OCH3 is 1. The molecular formula is C25H27F3N2O4. The second-order valence-corrected chi connectivity index (χ2v) is 8.61. The van der Waals surface area contributed by atoms with Gasteiger partial charge in [-0.2, -0.15) is 8.78 Å². The van der Waals surface area contributed by atoms with Crippen molar-refractivity contribution in [3.05, 3.63) is 48.0 Å². The number of halogens is 3.